The summed E-state index contributed by atoms with van der Waals surface area (Å²) in [7, 11) is 0. The van der Waals surface area contributed by atoms with Crippen LogP contribution in [0.4, 0.5) is 10.1 Å². The van der Waals surface area contributed by atoms with Crippen molar-refractivity contribution in [3.8, 4) is 0 Å². The van der Waals surface area contributed by atoms with Crippen molar-refractivity contribution in [2.75, 3.05) is 31.5 Å². The van der Waals surface area contributed by atoms with E-state index in [2.05, 4.69) is 56.5 Å². The van der Waals surface area contributed by atoms with Gasteiger partial charge in [0.05, 0.1) is 6.54 Å². The summed E-state index contributed by atoms with van der Waals surface area (Å²) in [6.07, 6.45) is 0. The predicted molar refractivity (Wildman–Crippen MR) is 116 cm³/mol. The lowest BCUT2D eigenvalue weighted by atomic mass is 10.1. The van der Waals surface area contributed by atoms with Crippen LogP contribution in [-0.4, -0.2) is 52.1 Å². The zero-order chi connectivity index (χ0) is 20.9. The number of anilines is 1. The molecule has 1 N–H and O–H groups in total. The molecule has 0 bridgehead atoms. The van der Waals surface area contributed by atoms with Gasteiger partial charge in [0.15, 0.2) is 0 Å². The number of nitrogens with zero attached hydrogens (tertiary/aromatic N) is 4. The molecule has 2 aromatic carbocycles. The Hall–Kier alpha value is -2.68. The summed E-state index contributed by atoms with van der Waals surface area (Å²) < 4.78 is 13.0. The Morgan fingerprint density at radius 2 is 1.67 bits per heavy atom. The maximum absolute atomic E-state index is 13.0. The highest BCUT2D eigenvalue weighted by atomic mass is 32.1. The molecule has 1 fully saturated rings. The van der Waals surface area contributed by atoms with E-state index in [1.165, 1.54) is 46.7 Å². The van der Waals surface area contributed by atoms with Crippen LogP contribution < -0.4 is 5.32 Å². The standard InChI is InChI=1S/C22H24FN5OS/c1-16-4-2-3-5-17(16)14-27-10-12-28(13-11-27)15-20-25-26-22(30-20)21(29)24-19-8-6-18(23)7-9-19/h2-9H,10-15H2,1H3,(H,24,29). The van der Waals surface area contributed by atoms with E-state index in [1.807, 2.05) is 0 Å². The van der Waals surface area contributed by atoms with Crippen molar-refractivity contribution in [1.29, 1.82) is 0 Å². The van der Waals surface area contributed by atoms with Crippen LogP contribution in [0.15, 0.2) is 48.5 Å². The Morgan fingerprint density at radius 3 is 2.37 bits per heavy atom. The molecule has 1 aliphatic rings. The third-order valence-corrected chi connectivity index (χ3v) is 6.15. The molecular formula is C22H24FN5OS. The minimum atomic E-state index is -0.342. The van der Waals surface area contributed by atoms with E-state index in [0.29, 0.717) is 17.2 Å². The minimum absolute atomic E-state index is 0.313. The summed E-state index contributed by atoms with van der Waals surface area (Å²) in [5.41, 5.74) is 3.25. The Morgan fingerprint density at radius 1 is 1.00 bits per heavy atom. The van der Waals surface area contributed by atoms with Crippen molar-refractivity contribution in [3.63, 3.8) is 0 Å². The number of hydrogen-bond acceptors (Lipinski definition) is 6. The Balaban J connectivity index is 1.27. The van der Waals surface area contributed by atoms with Gasteiger partial charge < -0.3 is 5.32 Å². The fourth-order valence-electron chi connectivity index (χ4n) is 3.45. The second kappa shape index (κ2) is 9.42. The monoisotopic (exact) mass is 425 g/mol. The maximum Gasteiger partial charge on any atom is 0.286 e. The van der Waals surface area contributed by atoms with Crippen molar-refractivity contribution in [2.45, 2.75) is 20.0 Å². The first kappa shape index (κ1) is 20.6. The largest absolute Gasteiger partial charge is 0.320 e. The van der Waals surface area contributed by atoms with Gasteiger partial charge in [-0.25, -0.2) is 4.39 Å². The van der Waals surface area contributed by atoms with E-state index in [9.17, 15) is 9.18 Å². The van der Waals surface area contributed by atoms with Gasteiger partial charge in [0.2, 0.25) is 5.01 Å². The second-order valence-electron chi connectivity index (χ2n) is 7.44. The summed E-state index contributed by atoms with van der Waals surface area (Å²) in [6.45, 7) is 7.76. The van der Waals surface area contributed by atoms with E-state index in [4.69, 9.17) is 0 Å². The summed E-state index contributed by atoms with van der Waals surface area (Å²) in [4.78, 5) is 17.1. The quantitative estimate of drug-likeness (QED) is 0.654. The molecule has 0 saturated carbocycles. The highest BCUT2D eigenvalue weighted by Gasteiger charge is 2.20. The number of halogens is 1. The fraction of sp³-hybridized carbons (Fsp3) is 0.318. The molecule has 0 unspecified atom stereocenters. The SMILES string of the molecule is Cc1ccccc1CN1CCN(Cc2nnc(C(=O)Nc3ccc(F)cc3)s2)CC1. The lowest BCUT2D eigenvalue weighted by molar-refractivity contribution is 0.102. The molecule has 1 aliphatic heterocycles. The molecule has 30 heavy (non-hydrogen) atoms. The van der Waals surface area contributed by atoms with Gasteiger partial charge in [0.25, 0.3) is 5.91 Å². The molecule has 1 aromatic heterocycles. The van der Waals surface area contributed by atoms with Crippen molar-refractivity contribution >= 4 is 22.9 Å². The average molecular weight is 426 g/mol. The van der Waals surface area contributed by atoms with Gasteiger partial charge in [-0.3, -0.25) is 14.6 Å². The van der Waals surface area contributed by atoms with Crippen molar-refractivity contribution in [3.05, 3.63) is 75.5 Å². The molecule has 0 aliphatic carbocycles. The number of piperazine rings is 1. The van der Waals surface area contributed by atoms with Gasteiger partial charge in [-0.05, 0) is 42.3 Å². The van der Waals surface area contributed by atoms with E-state index in [1.54, 1.807) is 0 Å². The van der Waals surface area contributed by atoms with Crippen LogP contribution in [0.2, 0.25) is 0 Å². The zero-order valence-corrected chi connectivity index (χ0v) is 17.7. The van der Waals surface area contributed by atoms with Gasteiger partial charge in [0, 0.05) is 38.4 Å². The number of aromatic nitrogens is 2. The molecule has 2 heterocycles. The van der Waals surface area contributed by atoms with Crippen molar-refractivity contribution in [1.82, 2.24) is 20.0 Å². The molecule has 1 saturated heterocycles. The number of amides is 1. The Bertz CT molecular complexity index is 999. The molecule has 3 aromatic rings. The van der Waals surface area contributed by atoms with Crippen molar-refractivity contribution in [2.24, 2.45) is 0 Å². The number of carbonyl (C=O) groups is 1. The zero-order valence-electron chi connectivity index (χ0n) is 16.8. The van der Waals surface area contributed by atoms with Crippen molar-refractivity contribution < 1.29 is 9.18 Å². The smallest absolute Gasteiger partial charge is 0.286 e. The second-order valence-corrected chi connectivity index (χ2v) is 8.50. The Labute approximate surface area is 179 Å². The topological polar surface area (TPSA) is 61.4 Å². The first-order chi connectivity index (χ1) is 14.6. The number of carbonyl (C=O) groups excluding carboxylic acids is 1. The molecule has 4 rings (SSSR count). The first-order valence-electron chi connectivity index (χ1n) is 9.95. The highest BCUT2D eigenvalue weighted by molar-refractivity contribution is 7.13. The normalized spacial score (nSPS) is 15.3. The van der Waals surface area contributed by atoms with Crippen LogP contribution in [0, 0.1) is 12.7 Å². The van der Waals surface area contributed by atoms with Gasteiger partial charge in [-0.1, -0.05) is 35.6 Å². The molecule has 0 radical (unpaired) electrons. The maximum atomic E-state index is 13.0. The van der Waals surface area contributed by atoms with Crippen LogP contribution in [-0.2, 0) is 13.1 Å². The highest BCUT2D eigenvalue weighted by Crippen LogP contribution is 2.17. The first-order valence-corrected chi connectivity index (χ1v) is 10.8. The van der Waals surface area contributed by atoms with Gasteiger partial charge in [-0.15, -0.1) is 10.2 Å². The fourth-order valence-corrected chi connectivity index (χ4v) is 4.23. The average Bonchev–Trinajstić information content (AvgIpc) is 3.21. The van der Waals surface area contributed by atoms with Crippen LogP contribution >= 0.6 is 11.3 Å². The molecular weight excluding hydrogens is 401 g/mol. The van der Waals surface area contributed by atoms with Crippen LogP contribution in [0.1, 0.15) is 25.9 Å². The van der Waals surface area contributed by atoms with E-state index in [0.717, 1.165) is 37.7 Å². The van der Waals surface area contributed by atoms with E-state index in [-0.39, 0.29) is 11.7 Å². The summed E-state index contributed by atoms with van der Waals surface area (Å²) in [6, 6.07) is 14.2. The molecule has 1 amide bonds. The van der Waals surface area contributed by atoms with Gasteiger partial charge >= 0.3 is 0 Å². The van der Waals surface area contributed by atoms with E-state index < -0.39 is 0 Å². The molecule has 0 atom stereocenters. The third-order valence-electron chi connectivity index (χ3n) is 5.24. The molecule has 6 nitrogen and oxygen atoms in total. The molecule has 0 spiro atoms. The lowest BCUT2D eigenvalue weighted by Crippen LogP contribution is -2.45. The Kier molecular flexibility index (Phi) is 6.47. The number of hydrogen-bond donors (Lipinski definition) is 1. The van der Waals surface area contributed by atoms with Gasteiger partial charge in [0.1, 0.15) is 10.8 Å². The summed E-state index contributed by atoms with van der Waals surface area (Å²) in [5, 5.41) is 12.1. The third kappa shape index (κ3) is 5.27. The van der Waals surface area contributed by atoms with E-state index >= 15 is 0 Å². The minimum Gasteiger partial charge on any atom is -0.320 e. The predicted octanol–water partition coefficient (Wildman–Crippen LogP) is 3.56. The summed E-state index contributed by atoms with van der Waals surface area (Å²) >= 11 is 1.30. The molecule has 156 valence electrons. The van der Waals surface area contributed by atoms with Gasteiger partial charge in [-0.2, -0.15) is 0 Å². The number of aryl methyl sites for hydroxylation is 1. The lowest BCUT2D eigenvalue weighted by Gasteiger charge is -2.34. The van der Waals surface area contributed by atoms with Crippen LogP contribution in [0.3, 0.4) is 0 Å². The number of benzene rings is 2. The van der Waals surface area contributed by atoms with Crippen LogP contribution in [0.5, 0.6) is 0 Å². The molecule has 8 heteroatoms. The summed E-state index contributed by atoms with van der Waals surface area (Å²) in [5.74, 6) is -0.668. The number of nitrogens with one attached hydrogen (secondary N) is 1. The number of rotatable bonds is 6. The van der Waals surface area contributed by atoms with Crippen LogP contribution in [0.25, 0.3) is 0 Å².